The second-order valence-electron chi connectivity index (χ2n) is 6.68. The lowest BCUT2D eigenvalue weighted by atomic mass is 10.1. The topological polar surface area (TPSA) is 63.7 Å². The predicted octanol–water partition coefficient (Wildman–Crippen LogP) is 6.24. The van der Waals surface area contributed by atoms with Crippen molar-refractivity contribution < 1.29 is 32.3 Å². The van der Waals surface area contributed by atoms with Crippen LogP contribution in [0.1, 0.15) is 36.6 Å². The van der Waals surface area contributed by atoms with Crippen LogP contribution in [0, 0.1) is 0 Å². The molecular weight excluding hydrogens is 470 g/mol. The molecule has 162 valence electrons. The molecule has 0 N–H and O–H groups in total. The number of hydrogen-bond donors (Lipinski definition) is 0. The van der Waals surface area contributed by atoms with Crippen molar-refractivity contribution >= 4 is 40.9 Å². The van der Waals surface area contributed by atoms with Gasteiger partial charge < -0.3 is 4.74 Å². The molecule has 0 fully saturated rings. The summed E-state index contributed by atoms with van der Waals surface area (Å²) in [5.74, 6) is -2.63. The Morgan fingerprint density at radius 1 is 0.844 bits per heavy atom. The van der Waals surface area contributed by atoms with Gasteiger partial charge in [0.1, 0.15) is 11.5 Å². The highest BCUT2D eigenvalue weighted by molar-refractivity contribution is 6.37. The molecule has 0 aliphatic carbocycles. The molecule has 5 nitrogen and oxygen atoms in total. The van der Waals surface area contributed by atoms with E-state index >= 15 is 0 Å². The van der Waals surface area contributed by atoms with Crippen molar-refractivity contribution in [2.24, 2.45) is 0 Å². The van der Waals surface area contributed by atoms with Gasteiger partial charge in [-0.25, -0.2) is 4.90 Å². The third-order valence-corrected chi connectivity index (χ3v) is 5.28. The number of benzene rings is 3. The zero-order valence-electron chi connectivity index (χ0n) is 15.7. The zero-order valence-corrected chi connectivity index (χ0v) is 17.3. The molecule has 3 aromatic rings. The highest BCUT2D eigenvalue weighted by Gasteiger charge is 2.40. The maximum atomic E-state index is 13.0. The third kappa shape index (κ3) is 3.83. The van der Waals surface area contributed by atoms with Gasteiger partial charge in [0.25, 0.3) is 17.7 Å². The summed E-state index contributed by atoms with van der Waals surface area (Å²) in [6, 6.07) is 12.3. The largest absolute Gasteiger partial charge is 0.456 e. The average Bonchev–Trinajstić information content (AvgIpc) is 3.00. The number of nitrogens with zero attached hydrogens (tertiary/aromatic N) is 1. The number of amides is 3. The Morgan fingerprint density at radius 2 is 1.47 bits per heavy atom. The molecule has 10 heteroatoms. The smallest absolute Gasteiger partial charge is 0.416 e. The third-order valence-electron chi connectivity index (χ3n) is 4.65. The standard InChI is InChI=1S/C22H10Cl2F3NO4/c23-16-7-6-12(32-18-8-5-11(9-17(18)24)22(25,26)27)10-15(16)21(31)28-19(29)13-3-1-2-4-14(13)20(28)30/h1-10H. The molecule has 0 bridgehead atoms. The number of carbonyl (C=O) groups is 3. The van der Waals surface area contributed by atoms with Crippen LogP contribution in [-0.4, -0.2) is 22.6 Å². The van der Waals surface area contributed by atoms with Gasteiger partial charge in [0.15, 0.2) is 0 Å². The van der Waals surface area contributed by atoms with Crippen LogP contribution in [0.5, 0.6) is 11.5 Å². The molecule has 1 aliphatic heterocycles. The van der Waals surface area contributed by atoms with E-state index in [1.54, 1.807) is 12.1 Å². The van der Waals surface area contributed by atoms with E-state index in [9.17, 15) is 27.6 Å². The van der Waals surface area contributed by atoms with Gasteiger partial charge in [-0.1, -0.05) is 35.3 Å². The Labute approximate surface area is 188 Å². The Hall–Kier alpha value is -3.36. The van der Waals surface area contributed by atoms with Crippen LogP contribution >= 0.6 is 23.2 Å². The minimum absolute atomic E-state index is 0.0102. The molecule has 1 aliphatic rings. The minimum Gasteiger partial charge on any atom is -0.456 e. The van der Waals surface area contributed by atoms with Crippen molar-refractivity contribution in [1.82, 2.24) is 4.90 Å². The molecule has 32 heavy (non-hydrogen) atoms. The SMILES string of the molecule is O=C(c1cc(Oc2ccc(C(F)(F)F)cc2Cl)ccc1Cl)N1C(=O)c2ccccc2C1=O. The molecule has 0 unspecified atom stereocenters. The van der Waals surface area contributed by atoms with Crippen molar-refractivity contribution in [3.63, 3.8) is 0 Å². The first-order chi connectivity index (χ1) is 15.1. The van der Waals surface area contributed by atoms with E-state index in [1.807, 2.05) is 0 Å². The van der Waals surface area contributed by atoms with Gasteiger partial charge in [0.2, 0.25) is 0 Å². The van der Waals surface area contributed by atoms with E-state index < -0.39 is 29.5 Å². The fraction of sp³-hybridized carbons (Fsp3) is 0.0455. The number of carbonyl (C=O) groups excluding carboxylic acids is 3. The van der Waals surface area contributed by atoms with Gasteiger partial charge in [-0.05, 0) is 48.5 Å². The maximum Gasteiger partial charge on any atom is 0.416 e. The summed E-state index contributed by atoms with van der Waals surface area (Å²) in [5, 5.41) is -0.361. The summed E-state index contributed by atoms with van der Waals surface area (Å²) in [5.41, 5.74) is -0.981. The van der Waals surface area contributed by atoms with E-state index in [1.165, 1.54) is 30.3 Å². The van der Waals surface area contributed by atoms with Gasteiger partial charge in [-0.15, -0.1) is 0 Å². The molecule has 4 rings (SSSR count). The lowest BCUT2D eigenvalue weighted by molar-refractivity contribution is -0.137. The predicted molar refractivity (Wildman–Crippen MR) is 109 cm³/mol. The van der Waals surface area contributed by atoms with E-state index in [0.717, 1.165) is 12.1 Å². The Balaban J connectivity index is 1.64. The normalized spacial score (nSPS) is 13.3. The summed E-state index contributed by atoms with van der Waals surface area (Å²) in [7, 11) is 0. The van der Waals surface area contributed by atoms with Gasteiger partial charge in [0, 0.05) is 0 Å². The van der Waals surface area contributed by atoms with E-state index in [0.29, 0.717) is 11.0 Å². The van der Waals surface area contributed by atoms with Gasteiger partial charge in [0.05, 0.1) is 32.3 Å². The van der Waals surface area contributed by atoms with Crippen LogP contribution in [0.3, 0.4) is 0 Å². The van der Waals surface area contributed by atoms with E-state index in [4.69, 9.17) is 27.9 Å². The fourth-order valence-electron chi connectivity index (χ4n) is 3.11. The highest BCUT2D eigenvalue weighted by atomic mass is 35.5. The Kier molecular flexibility index (Phi) is 5.44. The zero-order chi connectivity index (χ0) is 23.2. The summed E-state index contributed by atoms with van der Waals surface area (Å²) < 4.78 is 43.9. The molecule has 3 amide bonds. The number of ether oxygens (including phenoxy) is 1. The van der Waals surface area contributed by atoms with Crippen LogP contribution in [0.2, 0.25) is 10.0 Å². The van der Waals surface area contributed by atoms with Crippen molar-refractivity contribution in [2.45, 2.75) is 6.18 Å². The molecule has 3 aromatic carbocycles. The number of imide groups is 3. The fourth-order valence-corrected chi connectivity index (χ4v) is 3.53. The van der Waals surface area contributed by atoms with E-state index in [-0.39, 0.29) is 38.2 Å². The average molecular weight is 480 g/mol. The summed E-state index contributed by atoms with van der Waals surface area (Å²) in [6.07, 6.45) is -4.57. The first kappa shape index (κ1) is 21.9. The lowest BCUT2D eigenvalue weighted by Gasteiger charge is -2.15. The quantitative estimate of drug-likeness (QED) is 0.417. The maximum absolute atomic E-state index is 13.0. The van der Waals surface area contributed by atoms with Crippen molar-refractivity contribution in [2.75, 3.05) is 0 Å². The number of alkyl halides is 3. The first-order valence-electron chi connectivity index (χ1n) is 8.94. The number of hydrogen-bond acceptors (Lipinski definition) is 4. The van der Waals surface area contributed by atoms with Gasteiger partial charge in [-0.3, -0.25) is 14.4 Å². The molecule has 1 heterocycles. The van der Waals surface area contributed by atoms with Gasteiger partial charge >= 0.3 is 6.18 Å². The number of halogens is 5. The second-order valence-corrected chi connectivity index (χ2v) is 7.50. The van der Waals surface area contributed by atoms with Crippen molar-refractivity contribution in [3.8, 4) is 11.5 Å². The van der Waals surface area contributed by atoms with Gasteiger partial charge in [-0.2, -0.15) is 13.2 Å². The van der Waals surface area contributed by atoms with Crippen LogP contribution in [0.4, 0.5) is 13.2 Å². The second kappa shape index (κ2) is 7.96. The summed E-state index contributed by atoms with van der Waals surface area (Å²) >= 11 is 12.0. The molecule has 0 saturated carbocycles. The lowest BCUT2D eigenvalue weighted by Crippen LogP contribution is -2.36. The summed E-state index contributed by atoms with van der Waals surface area (Å²) in [4.78, 5) is 38.6. The van der Waals surface area contributed by atoms with Crippen molar-refractivity contribution in [1.29, 1.82) is 0 Å². The van der Waals surface area contributed by atoms with Crippen molar-refractivity contribution in [3.05, 3.63) is 93.0 Å². The minimum atomic E-state index is -4.57. The van der Waals surface area contributed by atoms with Crippen LogP contribution < -0.4 is 4.74 Å². The van der Waals surface area contributed by atoms with Crippen LogP contribution in [0.15, 0.2) is 60.7 Å². The van der Waals surface area contributed by atoms with Crippen LogP contribution in [-0.2, 0) is 6.18 Å². The van der Waals surface area contributed by atoms with E-state index in [2.05, 4.69) is 0 Å². The molecule has 0 aromatic heterocycles. The summed E-state index contributed by atoms with van der Waals surface area (Å²) in [6.45, 7) is 0. The molecule has 0 saturated heterocycles. The Bertz CT molecular complexity index is 1260. The molecule has 0 spiro atoms. The Morgan fingerprint density at radius 3 is 2.03 bits per heavy atom. The molecule has 0 atom stereocenters. The number of fused-ring (bicyclic) bond motifs is 1. The highest BCUT2D eigenvalue weighted by Crippen LogP contribution is 2.37. The number of rotatable bonds is 3. The van der Waals surface area contributed by atoms with Crippen LogP contribution in [0.25, 0.3) is 0 Å². The first-order valence-corrected chi connectivity index (χ1v) is 9.70. The molecule has 0 radical (unpaired) electrons. The monoisotopic (exact) mass is 479 g/mol. The molecular formula is C22H10Cl2F3NO4.